The molecule has 0 aromatic heterocycles. The van der Waals surface area contributed by atoms with Crippen molar-refractivity contribution in [2.24, 2.45) is 11.7 Å². The van der Waals surface area contributed by atoms with E-state index < -0.39 is 0 Å². The maximum absolute atomic E-state index is 14.2. The lowest BCUT2D eigenvalue weighted by molar-refractivity contribution is 0.226. The first kappa shape index (κ1) is 14.3. The number of methoxy groups -OCH3 is 1. The molecule has 19 heavy (non-hydrogen) atoms. The van der Waals surface area contributed by atoms with Crippen molar-refractivity contribution < 1.29 is 9.13 Å². The van der Waals surface area contributed by atoms with E-state index in [-0.39, 0.29) is 11.4 Å². The Bertz CT molecular complexity index is 425. The van der Waals surface area contributed by atoms with Crippen molar-refractivity contribution in [3.05, 3.63) is 29.6 Å². The minimum Gasteiger partial charge on any atom is -0.494 e. The van der Waals surface area contributed by atoms with Crippen LogP contribution in [-0.2, 0) is 6.42 Å². The third kappa shape index (κ3) is 3.27. The van der Waals surface area contributed by atoms with E-state index in [2.05, 4.69) is 6.92 Å². The molecule has 1 aromatic rings. The van der Waals surface area contributed by atoms with Crippen molar-refractivity contribution in [1.29, 1.82) is 0 Å². The van der Waals surface area contributed by atoms with Crippen LogP contribution in [0.3, 0.4) is 0 Å². The highest BCUT2D eigenvalue weighted by Gasteiger charge is 2.32. The summed E-state index contributed by atoms with van der Waals surface area (Å²) in [6.45, 7) is 2.23. The zero-order valence-electron chi connectivity index (χ0n) is 11.9. The van der Waals surface area contributed by atoms with Crippen molar-refractivity contribution in [3.63, 3.8) is 0 Å². The average molecular weight is 265 g/mol. The maximum Gasteiger partial charge on any atom is 0.168 e. The molecule has 1 fully saturated rings. The summed E-state index contributed by atoms with van der Waals surface area (Å²) in [4.78, 5) is 0. The van der Waals surface area contributed by atoms with E-state index in [1.165, 1.54) is 26.4 Å². The van der Waals surface area contributed by atoms with Crippen LogP contribution in [-0.4, -0.2) is 12.6 Å². The van der Waals surface area contributed by atoms with Gasteiger partial charge in [-0.05, 0) is 49.7 Å². The summed E-state index contributed by atoms with van der Waals surface area (Å²) >= 11 is 0. The van der Waals surface area contributed by atoms with Crippen LogP contribution in [0.1, 0.15) is 44.6 Å². The van der Waals surface area contributed by atoms with Crippen LogP contribution in [0.25, 0.3) is 0 Å². The molecule has 0 heterocycles. The zero-order chi connectivity index (χ0) is 13.9. The summed E-state index contributed by atoms with van der Waals surface area (Å²) in [5, 5.41) is 0. The molecule has 2 N–H and O–H groups in total. The second-order valence-electron chi connectivity index (χ2n) is 5.82. The molecular weight excluding hydrogens is 241 g/mol. The number of hydrogen-bond donors (Lipinski definition) is 1. The number of rotatable bonds is 4. The number of nitrogens with two attached hydrogens (primary N) is 1. The standard InChI is InChI=1S/C16H24FNO/c1-3-12-7-9-16(18,10-8-12)11-13-5-4-6-14(19-2)15(13)17/h4-6,12H,3,7-11,18H2,1-2H3. The van der Waals surface area contributed by atoms with E-state index in [0.717, 1.165) is 18.8 Å². The predicted octanol–water partition coefficient (Wildman–Crippen LogP) is 3.67. The van der Waals surface area contributed by atoms with Crippen LogP contribution in [0.5, 0.6) is 5.75 Å². The van der Waals surface area contributed by atoms with Crippen molar-refractivity contribution in [1.82, 2.24) is 0 Å². The van der Waals surface area contributed by atoms with Crippen LogP contribution in [0.15, 0.2) is 18.2 Å². The highest BCUT2D eigenvalue weighted by molar-refractivity contribution is 5.32. The van der Waals surface area contributed by atoms with Gasteiger partial charge in [0.15, 0.2) is 11.6 Å². The first-order chi connectivity index (χ1) is 9.08. The maximum atomic E-state index is 14.2. The van der Waals surface area contributed by atoms with E-state index in [0.29, 0.717) is 17.7 Å². The third-order valence-electron chi connectivity index (χ3n) is 4.48. The highest BCUT2D eigenvalue weighted by Crippen LogP contribution is 2.35. The van der Waals surface area contributed by atoms with Crippen LogP contribution in [0.4, 0.5) is 4.39 Å². The minimum absolute atomic E-state index is 0.251. The molecule has 0 amide bonds. The second-order valence-corrected chi connectivity index (χ2v) is 5.82. The van der Waals surface area contributed by atoms with E-state index >= 15 is 0 Å². The molecule has 0 radical (unpaired) electrons. The smallest absolute Gasteiger partial charge is 0.168 e. The Balaban J connectivity index is 2.09. The quantitative estimate of drug-likeness (QED) is 0.901. The first-order valence-corrected chi connectivity index (χ1v) is 7.18. The molecule has 0 atom stereocenters. The van der Waals surface area contributed by atoms with Gasteiger partial charge >= 0.3 is 0 Å². The Morgan fingerprint density at radius 3 is 2.63 bits per heavy atom. The Morgan fingerprint density at radius 2 is 2.05 bits per heavy atom. The van der Waals surface area contributed by atoms with Gasteiger partial charge in [0.2, 0.25) is 0 Å². The van der Waals surface area contributed by atoms with Gasteiger partial charge in [0.1, 0.15) is 0 Å². The molecule has 0 saturated heterocycles. The Kier molecular flexibility index (Phi) is 4.46. The molecule has 106 valence electrons. The number of halogens is 1. The van der Waals surface area contributed by atoms with Crippen LogP contribution < -0.4 is 10.5 Å². The molecule has 2 nitrogen and oxygen atoms in total. The molecule has 1 saturated carbocycles. The molecule has 1 aromatic carbocycles. The van der Waals surface area contributed by atoms with Gasteiger partial charge < -0.3 is 10.5 Å². The fourth-order valence-corrected chi connectivity index (χ4v) is 3.07. The molecule has 0 aliphatic heterocycles. The van der Waals surface area contributed by atoms with Crippen molar-refractivity contribution in [2.45, 2.75) is 51.0 Å². The van der Waals surface area contributed by atoms with Gasteiger partial charge in [0, 0.05) is 5.54 Å². The van der Waals surface area contributed by atoms with Gasteiger partial charge in [0.25, 0.3) is 0 Å². The van der Waals surface area contributed by atoms with Crippen LogP contribution in [0, 0.1) is 11.7 Å². The Morgan fingerprint density at radius 1 is 1.37 bits per heavy atom. The van der Waals surface area contributed by atoms with Crippen molar-refractivity contribution in [3.8, 4) is 5.75 Å². The zero-order valence-corrected chi connectivity index (χ0v) is 11.9. The van der Waals surface area contributed by atoms with Gasteiger partial charge in [0.05, 0.1) is 7.11 Å². The van der Waals surface area contributed by atoms with Gasteiger partial charge in [-0.1, -0.05) is 25.5 Å². The SMILES string of the molecule is CCC1CCC(N)(Cc2cccc(OC)c2F)CC1. The van der Waals surface area contributed by atoms with E-state index in [1.807, 2.05) is 12.1 Å². The molecule has 1 aliphatic carbocycles. The highest BCUT2D eigenvalue weighted by atomic mass is 19.1. The number of hydrogen-bond acceptors (Lipinski definition) is 2. The summed E-state index contributed by atoms with van der Waals surface area (Å²) in [7, 11) is 1.49. The van der Waals surface area contributed by atoms with Crippen molar-refractivity contribution >= 4 is 0 Å². The topological polar surface area (TPSA) is 35.2 Å². The molecule has 0 unspecified atom stereocenters. The Labute approximate surface area is 115 Å². The molecule has 2 rings (SSSR count). The van der Waals surface area contributed by atoms with Gasteiger partial charge in [-0.2, -0.15) is 0 Å². The van der Waals surface area contributed by atoms with E-state index in [1.54, 1.807) is 6.07 Å². The summed E-state index contributed by atoms with van der Waals surface area (Å²) in [5.74, 6) is 0.850. The fourth-order valence-electron chi connectivity index (χ4n) is 3.07. The monoisotopic (exact) mass is 265 g/mol. The third-order valence-corrected chi connectivity index (χ3v) is 4.48. The molecule has 0 bridgehead atoms. The van der Waals surface area contributed by atoms with E-state index in [9.17, 15) is 4.39 Å². The molecular formula is C16H24FNO. The minimum atomic E-state index is -0.257. The molecule has 1 aliphatic rings. The lowest BCUT2D eigenvalue weighted by atomic mass is 9.73. The second kappa shape index (κ2) is 5.91. The summed E-state index contributed by atoms with van der Waals surface area (Å²) in [6.07, 6.45) is 6.14. The average Bonchev–Trinajstić information content (AvgIpc) is 2.42. The normalized spacial score (nSPS) is 27.3. The lowest BCUT2D eigenvalue weighted by Gasteiger charge is -2.37. The van der Waals surface area contributed by atoms with Crippen LogP contribution >= 0.6 is 0 Å². The summed E-state index contributed by atoms with van der Waals surface area (Å²) < 4.78 is 19.2. The lowest BCUT2D eigenvalue weighted by Crippen LogP contribution is -2.45. The predicted molar refractivity (Wildman–Crippen MR) is 75.8 cm³/mol. The van der Waals surface area contributed by atoms with Gasteiger partial charge in [-0.15, -0.1) is 0 Å². The first-order valence-electron chi connectivity index (χ1n) is 7.18. The molecule has 0 spiro atoms. The molecule has 3 heteroatoms. The summed E-state index contributed by atoms with van der Waals surface area (Å²) in [5.41, 5.74) is 6.89. The summed E-state index contributed by atoms with van der Waals surface area (Å²) in [6, 6.07) is 5.30. The number of benzene rings is 1. The van der Waals surface area contributed by atoms with Gasteiger partial charge in [-0.25, -0.2) is 4.39 Å². The van der Waals surface area contributed by atoms with Crippen LogP contribution in [0.2, 0.25) is 0 Å². The Hall–Kier alpha value is -1.09. The van der Waals surface area contributed by atoms with Gasteiger partial charge in [-0.3, -0.25) is 0 Å². The fraction of sp³-hybridized carbons (Fsp3) is 0.625. The van der Waals surface area contributed by atoms with Crippen molar-refractivity contribution in [2.75, 3.05) is 7.11 Å². The van der Waals surface area contributed by atoms with E-state index in [4.69, 9.17) is 10.5 Å². The number of ether oxygens (including phenoxy) is 1. The largest absolute Gasteiger partial charge is 0.494 e.